The molecule has 1 heterocycles. The molecule has 4 aromatic rings. The molecule has 0 saturated carbocycles. The first-order chi connectivity index (χ1) is 28.5. The van der Waals surface area contributed by atoms with Crippen LogP contribution in [0.1, 0.15) is 54.7 Å². The van der Waals surface area contributed by atoms with E-state index in [0.717, 1.165) is 0 Å². The van der Waals surface area contributed by atoms with E-state index in [1.807, 2.05) is 28.7 Å². The monoisotopic (exact) mass is 1450 g/mol. The molecular weight excluding hydrogens is 1400 g/mol. The number of hydrogen-bond donors (Lipinski definition) is 0. The van der Waals surface area contributed by atoms with Crippen molar-refractivity contribution in [2.75, 3.05) is 41.9 Å². The topological polar surface area (TPSA) is 296 Å². The Labute approximate surface area is 523 Å². The maximum Gasteiger partial charge on any atom is 0.339 e. The minimum Gasteiger partial charge on any atom is -0.547 e. The summed E-state index contributed by atoms with van der Waals surface area (Å²) in [7, 11) is -8.50. The van der Waals surface area contributed by atoms with E-state index in [0.29, 0.717) is 25.8 Å². The van der Waals surface area contributed by atoms with Crippen molar-refractivity contribution in [3.63, 3.8) is 0 Å². The molecule has 0 bridgehead atoms. The summed E-state index contributed by atoms with van der Waals surface area (Å²) in [6.45, 7) is 3.83. The van der Waals surface area contributed by atoms with Crippen LogP contribution >= 0.6 is 22.6 Å². The van der Waals surface area contributed by atoms with Crippen LogP contribution in [0.4, 0.5) is 0 Å². The standard InChI is InChI=1S/C10H11INO4S.C10H12NO4S.C9H8NO4S.C8H7N2O2S.4CH3.4Y/c1-3-16-10(13)8-6-7(4-5-9(8)11)17(14,15)12-2;1-7-4-5-8(16(13,14)11-2)6-9(7)10(12)15-3;1-10-15(12,13)7-3-2-6-5-14-9(11)8(6)4-7;1-10-13(11,12)8-4-2-3-7(5-8)6-9;;;;;;;;/h4-6H,3H2,1-2H3;4-6H,1-3H3;2-4H,5H2,1H3;2-5H,1H3;4*1H3;;;;/q8*-1;;;;. The number of aryl methyl sites for hydroxylation is 1. The molecule has 4 aromatic carbocycles. The zero-order valence-corrected chi connectivity index (χ0v) is 56.5. The van der Waals surface area contributed by atoms with Crippen molar-refractivity contribution in [1.29, 1.82) is 5.26 Å². The summed E-state index contributed by atoms with van der Waals surface area (Å²) in [5.74, 6) is -1.59. The van der Waals surface area contributed by atoms with E-state index in [-0.39, 0.29) is 204 Å². The van der Waals surface area contributed by atoms with Crippen LogP contribution in [-0.2, 0) is 192 Å². The van der Waals surface area contributed by atoms with Gasteiger partial charge in [0.1, 0.15) is 46.7 Å². The van der Waals surface area contributed by atoms with Gasteiger partial charge < -0.3 is 62.8 Å². The molecule has 69 heavy (non-hydrogen) atoms. The first-order valence-electron chi connectivity index (χ1n) is 16.9. The van der Waals surface area contributed by atoms with E-state index in [9.17, 15) is 48.1 Å². The summed E-state index contributed by atoms with van der Waals surface area (Å²) < 4.78 is 119. The van der Waals surface area contributed by atoms with E-state index in [1.165, 1.54) is 96.0 Å². The van der Waals surface area contributed by atoms with Gasteiger partial charge in [0.15, 0.2) is 0 Å². The number of carbonyl (C=O) groups is 3. The molecule has 28 heteroatoms. The van der Waals surface area contributed by atoms with Crippen LogP contribution in [0.25, 0.3) is 18.9 Å². The van der Waals surface area contributed by atoms with Gasteiger partial charge in [-0.15, -0.1) is 0 Å². The minimum absolute atomic E-state index is 0. The van der Waals surface area contributed by atoms with Gasteiger partial charge in [-0.25, -0.2) is 48.1 Å². The molecule has 4 radical (unpaired) electrons. The fourth-order valence-corrected chi connectivity index (χ4v) is 7.97. The number of esters is 3. The van der Waals surface area contributed by atoms with Crippen molar-refractivity contribution >= 4 is 80.6 Å². The second-order valence-corrected chi connectivity index (χ2v) is 19.8. The number of hydrogen-bond acceptors (Lipinski definition) is 15. The van der Waals surface area contributed by atoms with Crippen LogP contribution in [0.3, 0.4) is 0 Å². The fourth-order valence-electron chi connectivity index (χ4n) is 4.52. The second kappa shape index (κ2) is 38.2. The van der Waals surface area contributed by atoms with Gasteiger partial charge >= 0.3 is 17.9 Å². The smallest absolute Gasteiger partial charge is 0.339 e. The first-order valence-corrected chi connectivity index (χ1v) is 23.7. The summed E-state index contributed by atoms with van der Waals surface area (Å²) >= 11 is 1.95. The van der Waals surface area contributed by atoms with E-state index < -0.39 is 58.0 Å². The normalized spacial score (nSPS) is 10.6. The largest absolute Gasteiger partial charge is 0.547 e. The molecule has 0 spiro atoms. The Kier molecular flexibility index (Phi) is 45.7. The molecule has 0 amide bonds. The molecule has 1 aliphatic rings. The Bertz CT molecular complexity index is 2780. The second-order valence-electron chi connectivity index (χ2n) is 11.5. The third-order valence-electron chi connectivity index (χ3n) is 7.82. The van der Waals surface area contributed by atoms with Gasteiger partial charge in [0.05, 0.1) is 42.0 Å². The molecule has 0 atom stereocenters. The first kappa shape index (κ1) is 82.6. The van der Waals surface area contributed by atoms with E-state index >= 15 is 0 Å². The molecule has 19 nitrogen and oxygen atoms in total. The number of carbonyl (C=O) groups excluding carboxylic acids is 3. The van der Waals surface area contributed by atoms with Crippen LogP contribution in [0.5, 0.6) is 0 Å². The van der Waals surface area contributed by atoms with Crippen LogP contribution in [0.15, 0.2) is 98.4 Å². The molecule has 0 unspecified atom stereocenters. The number of halogens is 1. The molecule has 5 rings (SSSR count). The van der Waals surface area contributed by atoms with Gasteiger partial charge in [-0.3, -0.25) is 0 Å². The Hall–Kier alpha value is -0.434. The molecule has 0 saturated heterocycles. The molecule has 0 aromatic heterocycles. The molecule has 0 aliphatic carbocycles. The van der Waals surface area contributed by atoms with E-state index in [2.05, 4.69) is 23.6 Å². The number of rotatable bonds is 11. The number of sulfonamides is 4. The summed E-state index contributed by atoms with van der Waals surface area (Å²) in [5.41, 5.74) is 2.44. The summed E-state index contributed by atoms with van der Waals surface area (Å²) in [4.78, 5) is 34.2. The van der Waals surface area contributed by atoms with Gasteiger partial charge in [-0.05, 0) is 103 Å². The SMILES string of the molecule is CCOC(=O)c1cc(S(=O)(=O)[N-]C)ccc1I.C[N-]S(=O)(=O)c1ccc(C)c(C(=O)OC)c1.C[N-]S(=O)(=O)c1ccc2c(c1)C(=O)OC2.C[N-]S(=O)(=O)c1cccc(C#N)c1.[CH3-].[CH3-].[CH3-].[CH3-].[Y].[Y].[Y].[Y]. The Morgan fingerprint density at radius 2 is 1.07 bits per heavy atom. The number of fused-ring (bicyclic) bond motifs is 1. The average molecular weight is 1450 g/mol. The van der Waals surface area contributed by atoms with Crippen molar-refractivity contribution in [3.8, 4) is 6.07 Å². The number of nitriles is 1. The molecule has 374 valence electrons. The summed E-state index contributed by atoms with van der Waals surface area (Å²) in [6.07, 6.45) is 0. The third-order valence-corrected chi connectivity index (χ3v) is 14.1. The molecule has 0 fully saturated rings. The van der Waals surface area contributed by atoms with E-state index in [1.54, 1.807) is 32.0 Å². The maximum atomic E-state index is 11.6. The summed E-state index contributed by atoms with van der Waals surface area (Å²) in [5, 5.41) is 8.53. The quantitative estimate of drug-likeness (QED) is 0.0601. The van der Waals surface area contributed by atoms with Crippen molar-refractivity contribution in [2.24, 2.45) is 0 Å². The van der Waals surface area contributed by atoms with Crippen LogP contribution in [0, 0.1) is 51.5 Å². The van der Waals surface area contributed by atoms with Crippen molar-refractivity contribution in [1.82, 2.24) is 0 Å². The Balaban J connectivity index is -0.000000143. The predicted octanol–water partition coefficient (Wildman–Crippen LogP) is 7.72. The van der Waals surface area contributed by atoms with Crippen LogP contribution < -0.4 is 0 Å². The van der Waals surface area contributed by atoms with Gasteiger partial charge in [0.25, 0.3) is 0 Å². The van der Waals surface area contributed by atoms with Crippen molar-refractivity contribution in [2.45, 2.75) is 40.0 Å². The molecule has 1 aliphatic heterocycles. The summed E-state index contributed by atoms with van der Waals surface area (Å²) in [6, 6.07) is 20.3. The fraction of sp³-hybridized carbons (Fsp3) is 0.220. The number of methoxy groups -OCH3 is 1. The zero-order chi connectivity index (χ0) is 46.3. The van der Waals surface area contributed by atoms with E-state index in [4.69, 9.17) is 14.7 Å². The van der Waals surface area contributed by atoms with Crippen LogP contribution in [0.2, 0.25) is 0 Å². The molecular formula is C41H50IN5O14S4Y4-8. The zero-order valence-electron chi connectivity index (χ0n) is 39.7. The Morgan fingerprint density at radius 1 is 0.652 bits per heavy atom. The average Bonchev–Trinajstić information content (AvgIpc) is 3.63. The maximum absolute atomic E-state index is 11.6. The van der Waals surface area contributed by atoms with Crippen molar-refractivity contribution in [3.05, 3.63) is 164 Å². The number of cyclic esters (lactones) is 1. The van der Waals surface area contributed by atoms with Gasteiger partial charge in [0.2, 0.25) is 0 Å². The van der Waals surface area contributed by atoms with Crippen LogP contribution in [-0.4, -0.2) is 93.5 Å². The number of benzene rings is 4. The number of ether oxygens (including phenoxy) is 3. The van der Waals surface area contributed by atoms with Gasteiger partial charge in [-0.2, -0.15) is 33.5 Å². The van der Waals surface area contributed by atoms with Crippen molar-refractivity contribution < 1.29 is 193 Å². The third kappa shape index (κ3) is 24.6. The minimum atomic E-state index is -3.67. The van der Waals surface area contributed by atoms with Gasteiger partial charge in [0, 0.05) is 160 Å². The van der Waals surface area contributed by atoms with Gasteiger partial charge in [-0.1, -0.05) is 18.2 Å². The Morgan fingerprint density at radius 3 is 1.51 bits per heavy atom. The molecule has 0 N–H and O–H groups in total. The number of nitrogens with zero attached hydrogens (tertiary/aromatic N) is 5. The predicted molar refractivity (Wildman–Crippen MR) is 256 cm³/mol.